The Morgan fingerprint density at radius 1 is 1.24 bits per heavy atom. The van der Waals surface area contributed by atoms with Gasteiger partial charge in [0.15, 0.2) is 6.29 Å². The van der Waals surface area contributed by atoms with E-state index in [1.165, 1.54) is 31.5 Å². The van der Waals surface area contributed by atoms with E-state index in [1.807, 2.05) is 0 Å². The number of hydrogen-bond donors (Lipinski definition) is 0. The van der Waals surface area contributed by atoms with Gasteiger partial charge in [-0.25, -0.2) is 0 Å². The average molecular weight is 297 g/mol. The highest BCUT2D eigenvalue weighted by Crippen LogP contribution is 2.27. The molecule has 1 heterocycles. The summed E-state index contributed by atoms with van der Waals surface area (Å²) >= 11 is 0. The zero-order valence-corrected chi connectivity index (χ0v) is 10.8. The highest BCUT2D eigenvalue weighted by atomic mass is 19.4. The van der Waals surface area contributed by atoms with E-state index in [4.69, 9.17) is 4.74 Å². The number of ether oxygens (including phenoxy) is 1. The zero-order valence-electron chi connectivity index (χ0n) is 10.8. The minimum atomic E-state index is -4.73. The van der Waals surface area contributed by atoms with Gasteiger partial charge in [-0.2, -0.15) is 13.2 Å². The molecule has 0 bridgehead atoms. The van der Waals surface area contributed by atoms with Gasteiger partial charge in [0.1, 0.15) is 11.3 Å². The van der Waals surface area contributed by atoms with E-state index in [-0.39, 0.29) is 17.0 Å². The second-order valence-electron chi connectivity index (χ2n) is 4.14. The van der Waals surface area contributed by atoms with Gasteiger partial charge in [-0.1, -0.05) is 0 Å². The van der Waals surface area contributed by atoms with Crippen molar-refractivity contribution in [3.63, 3.8) is 0 Å². The Balaban J connectivity index is 2.63. The van der Waals surface area contributed by atoms with Crippen molar-refractivity contribution in [3.05, 3.63) is 58.0 Å². The Morgan fingerprint density at radius 2 is 1.95 bits per heavy atom. The quantitative estimate of drug-likeness (QED) is 0.818. The Hall–Kier alpha value is -2.57. The van der Waals surface area contributed by atoms with Gasteiger partial charge in [-0.3, -0.25) is 14.2 Å². The molecule has 7 heteroatoms. The SMILES string of the molecule is COc1cc(-n2cccc(C(F)(F)F)c2=O)ccc1C=O. The number of carbonyl (C=O) groups excluding carboxylic acids is 1. The van der Waals surface area contributed by atoms with Crippen molar-refractivity contribution >= 4 is 6.29 Å². The van der Waals surface area contributed by atoms with Crippen molar-refractivity contribution in [2.45, 2.75) is 6.18 Å². The summed E-state index contributed by atoms with van der Waals surface area (Å²) in [5, 5.41) is 0. The molecular formula is C14H10F3NO3. The topological polar surface area (TPSA) is 48.3 Å². The van der Waals surface area contributed by atoms with Crippen LogP contribution in [-0.4, -0.2) is 18.0 Å². The fourth-order valence-electron chi connectivity index (χ4n) is 1.86. The first-order chi connectivity index (χ1) is 9.88. The molecule has 0 unspecified atom stereocenters. The van der Waals surface area contributed by atoms with Crippen molar-refractivity contribution < 1.29 is 22.7 Å². The van der Waals surface area contributed by atoms with Crippen molar-refractivity contribution in [3.8, 4) is 11.4 Å². The number of pyridine rings is 1. The minimum Gasteiger partial charge on any atom is -0.496 e. The van der Waals surface area contributed by atoms with Gasteiger partial charge >= 0.3 is 6.18 Å². The third-order valence-electron chi connectivity index (χ3n) is 2.87. The Morgan fingerprint density at radius 3 is 2.52 bits per heavy atom. The van der Waals surface area contributed by atoms with Crippen LogP contribution in [-0.2, 0) is 6.18 Å². The molecule has 21 heavy (non-hydrogen) atoms. The molecule has 2 rings (SSSR count). The van der Waals surface area contributed by atoms with Gasteiger partial charge in [-0.15, -0.1) is 0 Å². The Bertz CT molecular complexity index is 735. The van der Waals surface area contributed by atoms with Crippen LogP contribution < -0.4 is 10.3 Å². The molecule has 0 atom stereocenters. The maximum absolute atomic E-state index is 12.7. The summed E-state index contributed by atoms with van der Waals surface area (Å²) in [4.78, 5) is 22.7. The fraction of sp³-hybridized carbons (Fsp3) is 0.143. The second kappa shape index (κ2) is 5.43. The van der Waals surface area contributed by atoms with E-state index >= 15 is 0 Å². The van der Waals surface area contributed by atoms with Gasteiger partial charge < -0.3 is 4.74 Å². The summed E-state index contributed by atoms with van der Waals surface area (Å²) in [5.41, 5.74) is -2.04. The number of rotatable bonds is 3. The predicted octanol–water partition coefficient (Wildman–Crippen LogP) is 2.68. The fourth-order valence-corrected chi connectivity index (χ4v) is 1.86. The minimum absolute atomic E-state index is 0.173. The lowest BCUT2D eigenvalue weighted by Crippen LogP contribution is -2.26. The number of halogens is 3. The number of aldehydes is 1. The van der Waals surface area contributed by atoms with Crippen LogP contribution in [0.15, 0.2) is 41.3 Å². The number of aromatic nitrogens is 1. The molecule has 0 saturated carbocycles. The molecular weight excluding hydrogens is 287 g/mol. The normalized spacial score (nSPS) is 11.2. The van der Waals surface area contributed by atoms with Gasteiger partial charge in [0.25, 0.3) is 5.56 Å². The summed E-state index contributed by atoms with van der Waals surface area (Å²) in [7, 11) is 1.32. The number of methoxy groups -OCH3 is 1. The Labute approximate surface area is 117 Å². The van der Waals surface area contributed by atoms with Crippen LogP contribution in [0.4, 0.5) is 13.2 Å². The first-order valence-corrected chi connectivity index (χ1v) is 5.81. The van der Waals surface area contributed by atoms with Crippen LogP contribution >= 0.6 is 0 Å². The average Bonchev–Trinajstić information content (AvgIpc) is 2.45. The number of carbonyl (C=O) groups is 1. The molecule has 0 spiro atoms. The van der Waals surface area contributed by atoms with Crippen molar-refractivity contribution in [1.29, 1.82) is 0 Å². The van der Waals surface area contributed by atoms with E-state index < -0.39 is 17.3 Å². The van der Waals surface area contributed by atoms with Gasteiger partial charge in [0.2, 0.25) is 0 Å². The summed E-state index contributed by atoms with van der Waals surface area (Å²) in [5.74, 6) is 0.173. The van der Waals surface area contributed by atoms with Crippen LogP contribution in [0.25, 0.3) is 5.69 Å². The molecule has 0 N–H and O–H groups in total. The molecule has 0 radical (unpaired) electrons. The van der Waals surface area contributed by atoms with Crippen molar-refractivity contribution in [2.24, 2.45) is 0 Å². The van der Waals surface area contributed by atoms with Crippen LogP contribution in [0.2, 0.25) is 0 Å². The van der Waals surface area contributed by atoms with Crippen LogP contribution in [0.1, 0.15) is 15.9 Å². The van der Waals surface area contributed by atoms with Crippen LogP contribution in [0.5, 0.6) is 5.75 Å². The number of nitrogens with zero attached hydrogens (tertiary/aromatic N) is 1. The molecule has 0 amide bonds. The van der Waals surface area contributed by atoms with Crippen molar-refractivity contribution in [2.75, 3.05) is 7.11 Å². The zero-order chi connectivity index (χ0) is 15.6. The monoisotopic (exact) mass is 297 g/mol. The van der Waals surface area contributed by atoms with Gasteiger partial charge in [0, 0.05) is 12.3 Å². The van der Waals surface area contributed by atoms with E-state index in [0.717, 1.165) is 16.7 Å². The van der Waals surface area contributed by atoms with E-state index in [2.05, 4.69) is 0 Å². The smallest absolute Gasteiger partial charge is 0.421 e. The molecule has 0 aliphatic rings. The van der Waals surface area contributed by atoms with E-state index in [0.29, 0.717) is 6.29 Å². The molecule has 1 aromatic carbocycles. The standard InChI is InChI=1S/C14H10F3NO3/c1-21-12-7-10(5-4-9(12)8-19)18-6-2-3-11(13(18)20)14(15,16)17/h2-8H,1H3. The molecule has 4 nitrogen and oxygen atoms in total. The Kier molecular flexibility index (Phi) is 3.84. The lowest BCUT2D eigenvalue weighted by atomic mass is 10.2. The first kappa shape index (κ1) is 14.8. The summed E-state index contributed by atoms with van der Waals surface area (Å²) in [6, 6.07) is 5.91. The third-order valence-corrected chi connectivity index (χ3v) is 2.87. The molecule has 1 aromatic heterocycles. The number of alkyl halides is 3. The second-order valence-corrected chi connectivity index (χ2v) is 4.14. The highest BCUT2D eigenvalue weighted by molar-refractivity contribution is 5.80. The third kappa shape index (κ3) is 2.81. The van der Waals surface area contributed by atoms with E-state index in [9.17, 15) is 22.8 Å². The summed E-state index contributed by atoms with van der Waals surface area (Å²) in [6.45, 7) is 0. The van der Waals surface area contributed by atoms with E-state index in [1.54, 1.807) is 0 Å². The first-order valence-electron chi connectivity index (χ1n) is 5.81. The van der Waals surface area contributed by atoms with Gasteiger partial charge in [-0.05, 0) is 24.3 Å². The highest BCUT2D eigenvalue weighted by Gasteiger charge is 2.34. The van der Waals surface area contributed by atoms with Gasteiger partial charge in [0.05, 0.1) is 18.4 Å². The lowest BCUT2D eigenvalue weighted by molar-refractivity contribution is -0.138. The lowest BCUT2D eigenvalue weighted by Gasteiger charge is -2.12. The maximum Gasteiger partial charge on any atom is 0.421 e. The summed E-state index contributed by atoms with van der Waals surface area (Å²) in [6.07, 6.45) is -2.96. The largest absolute Gasteiger partial charge is 0.496 e. The molecule has 0 aliphatic heterocycles. The molecule has 0 fully saturated rings. The van der Waals surface area contributed by atoms with Crippen LogP contribution in [0, 0.1) is 0 Å². The molecule has 0 aliphatic carbocycles. The summed E-state index contributed by atoms with van der Waals surface area (Å²) < 4.78 is 44.0. The van der Waals surface area contributed by atoms with Crippen molar-refractivity contribution in [1.82, 2.24) is 4.57 Å². The number of benzene rings is 1. The molecule has 110 valence electrons. The maximum atomic E-state index is 12.7. The molecule has 0 saturated heterocycles. The van der Waals surface area contributed by atoms with Crippen LogP contribution in [0.3, 0.4) is 0 Å². The number of hydrogen-bond acceptors (Lipinski definition) is 3. The predicted molar refractivity (Wildman–Crippen MR) is 69.0 cm³/mol. The molecule has 2 aromatic rings.